The van der Waals surface area contributed by atoms with Crippen LogP contribution in [0.3, 0.4) is 0 Å². The molecule has 0 aliphatic heterocycles. The van der Waals surface area contributed by atoms with Crippen LogP contribution in [0, 0.1) is 11.3 Å². The Balaban J connectivity index is 3.41. The Kier molecular flexibility index (Phi) is 4.38. The van der Waals surface area contributed by atoms with Gasteiger partial charge in [-0.05, 0) is 24.1 Å². The second kappa shape index (κ2) is 5.61. The molecule has 0 atom stereocenters. The molecule has 1 aromatic rings. The monoisotopic (exact) mass is 273 g/mol. The summed E-state index contributed by atoms with van der Waals surface area (Å²) in [6.07, 6.45) is -4.57. The summed E-state index contributed by atoms with van der Waals surface area (Å²) in [7, 11) is 1.05. The second-order valence-corrected chi connectivity index (χ2v) is 3.51. The summed E-state index contributed by atoms with van der Waals surface area (Å²) >= 11 is 0. The van der Waals surface area contributed by atoms with Crippen LogP contribution in [0.1, 0.15) is 28.4 Å². The van der Waals surface area contributed by atoms with Crippen molar-refractivity contribution < 1.29 is 27.4 Å². The number of carbonyl (C=O) groups is 1. The van der Waals surface area contributed by atoms with Crippen LogP contribution in [0.5, 0.6) is 5.75 Å². The van der Waals surface area contributed by atoms with E-state index in [4.69, 9.17) is 5.26 Å². The lowest BCUT2D eigenvalue weighted by molar-refractivity contribution is -0.274. The number of halogens is 3. The van der Waals surface area contributed by atoms with E-state index >= 15 is 0 Å². The van der Waals surface area contributed by atoms with Gasteiger partial charge in [-0.2, -0.15) is 5.26 Å². The number of rotatable bonds is 3. The Bertz CT molecular complexity index is 532. The maximum atomic E-state index is 12.2. The standard InChI is InChI=1S/C12H10F3NO3/c1-3-7-4-9(11(17)18-2)10(5-8(7)6-16)19-12(13,14)15/h4-5H,3H2,1-2H3. The Labute approximate surface area is 107 Å². The van der Waals surface area contributed by atoms with Crippen molar-refractivity contribution in [1.29, 1.82) is 5.26 Å². The molecule has 0 amide bonds. The first-order chi connectivity index (χ1) is 8.82. The largest absolute Gasteiger partial charge is 0.573 e. The van der Waals surface area contributed by atoms with Gasteiger partial charge < -0.3 is 9.47 Å². The molecule has 4 nitrogen and oxygen atoms in total. The van der Waals surface area contributed by atoms with Crippen molar-refractivity contribution in [2.45, 2.75) is 19.7 Å². The number of benzene rings is 1. The summed E-state index contributed by atoms with van der Waals surface area (Å²) in [5.74, 6) is -1.70. The molecular formula is C12H10F3NO3. The zero-order valence-corrected chi connectivity index (χ0v) is 10.2. The number of methoxy groups -OCH3 is 1. The van der Waals surface area contributed by atoms with E-state index in [-0.39, 0.29) is 11.1 Å². The maximum Gasteiger partial charge on any atom is 0.573 e. The van der Waals surface area contributed by atoms with E-state index in [1.54, 1.807) is 13.0 Å². The second-order valence-electron chi connectivity index (χ2n) is 3.51. The van der Waals surface area contributed by atoms with E-state index in [1.165, 1.54) is 6.07 Å². The molecule has 0 saturated heterocycles. The molecule has 102 valence electrons. The fraction of sp³-hybridized carbons (Fsp3) is 0.333. The van der Waals surface area contributed by atoms with Gasteiger partial charge in [-0.15, -0.1) is 13.2 Å². The lowest BCUT2D eigenvalue weighted by Crippen LogP contribution is -2.19. The van der Waals surface area contributed by atoms with Gasteiger partial charge in [0.1, 0.15) is 11.3 Å². The van der Waals surface area contributed by atoms with Gasteiger partial charge in [0, 0.05) is 0 Å². The molecule has 1 rings (SSSR count). The molecule has 0 saturated carbocycles. The van der Waals surface area contributed by atoms with Gasteiger partial charge >= 0.3 is 12.3 Å². The summed E-state index contributed by atoms with van der Waals surface area (Å²) in [6, 6.07) is 3.82. The molecule has 7 heteroatoms. The maximum absolute atomic E-state index is 12.2. The van der Waals surface area contributed by atoms with E-state index in [9.17, 15) is 18.0 Å². The molecule has 1 aromatic carbocycles. The predicted octanol–water partition coefficient (Wildman–Crippen LogP) is 2.81. The van der Waals surface area contributed by atoms with Crippen molar-refractivity contribution in [3.63, 3.8) is 0 Å². The van der Waals surface area contributed by atoms with Crippen molar-refractivity contribution >= 4 is 5.97 Å². The first-order valence-corrected chi connectivity index (χ1v) is 5.23. The highest BCUT2D eigenvalue weighted by Crippen LogP contribution is 2.30. The first-order valence-electron chi connectivity index (χ1n) is 5.23. The van der Waals surface area contributed by atoms with Crippen LogP contribution in [0.15, 0.2) is 12.1 Å². The summed E-state index contributed by atoms with van der Waals surface area (Å²) in [4.78, 5) is 11.4. The van der Waals surface area contributed by atoms with Crippen LogP contribution in [0.4, 0.5) is 13.2 Å². The number of nitriles is 1. The minimum absolute atomic E-state index is 0.0226. The fourth-order valence-electron chi connectivity index (χ4n) is 1.50. The third-order valence-electron chi connectivity index (χ3n) is 2.34. The summed E-state index contributed by atoms with van der Waals surface area (Å²) < 4.78 is 44.9. The fourth-order valence-corrected chi connectivity index (χ4v) is 1.50. The smallest absolute Gasteiger partial charge is 0.465 e. The van der Waals surface area contributed by atoms with Crippen molar-refractivity contribution in [2.75, 3.05) is 7.11 Å². The Morgan fingerprint density at radius 2 is 2.05 bits per heavy atom. The number of carbonyl (C=O) groups excluding carboxylic acids is 1. The van der Waals surface area contributed by atoms with Crippen LogP contribution >= 0.6 is 0 Å². The molecule has 0 aliphatic rings. The van der Waals surface area contributed by atoms with E-state index < -0.39 is 18.1 Å². The lowest BCUT2D eigenvalue weighted by atomic mass is 10.0. The van der Waals surface area contributed by atoms with Crippen LogP contribution < -0.4 is 4.74 Å². The van der Waals surface area contributed by atoms with Gasteiger partial charge in [0.2, 0.25) is 0 Å². The van der Waals surface area contributed by atoms with E-state index in [0.717, 1.165) is 13.2 Å². The van der Waals surface area contributed by atoms with Crippen molar-refractivity contribution in [1.82, 2.24) is 0 Å². The number of ether oxygens (including phenoxy) is 2. The number of nitrogens with zero attached hydrogens (tertiary/aromatic N) is 1. The van der Waals surface area contributed by atoms with Gasteiger partial charge in [0.05, 0.1) is 18.7 Å². The number of hydrogen-bond donors (Lipinski definition) is 0. The zero-order valence-electron chi connectivity index (χ0n) is 10.2. The number of hydrogen-bond acceptors (Lipinski definition) is 4. The van der Waals surface area contributed by atoms with E-state index in [2.05, 4.69) is 9.47 Å². The molecule has 0 aromatic heterocycles. The highest BCUT2D eigenvalue weighted by atomic mass is 19.4. The highest BCUT2D eigenvalue weighted by molar-refractivity contribution is 5.93. The normalized spacial score (nSPS) is 10.7. The Morgan fingerprint density at radius 3 is 2.47 bits per heavy atom. The molecule has 19 heavy (non-hydrogen) atoms. The van der Waals surface area contributed by atoms with Crippen LogP contribution in [-0.2, 0) is 11.2 Å². The molecule has 0 spiro atoms. The summed E-state index contributed by atoms with van der Waals surface area (Å²) in [5, 5.41) is 8.86. The topological polar surface area (TPSA) is 59.3 Å². The molecular weight excluding hydrogens is 263 g/mol. The number of alkyl halides is 3. The van der Waals surface area contributed by atoms with Crippen molar-refractivity contribution in [3.8, 4) is 11.8 Å². The number of esters is 1. The molecule has 0 heterocycles. The predicted molar refractivity (Wildman–Crippen MR) is 58.6 cm³/mol. The Hall–Kier alpha value is -2.23. The SMILES string of the molecule is CCc1cc(C(=O)OC)c(OC(F)(F)F)cc1C#N. The minimum Gasteiger partial charge on any atom is -0.465 e. The van der Waals surface area contributed by atoms with Gasteiger partial charge in [-0.1, -0.05) is 6.92 Å². The average Bonchev–Trinajstić information content (AvgIpc) is 2.35. The molecule has 0 radical (unpaired) electrons. The molecule has 0 N–H and O–H groups in total. The van der Waals surface area contributed by atoms with E-state index in [1.807, 2.05) is 0 Å². The quantitative estimate of drug-likeness (QED) is 0.794. The van der Waals surface area contributed by atoms with Crippen LogP contribution in [0.2, 0.25) is 0 Å². The molecule has 0 fully saturated rings. The van der Waals surface area contributed by atoms with Gasteiger partial charge in [-0.25, -0.2) is 4.79 Å². The lowest BCUT2D eigenvalue weighted by Gasteiger charge is -2.14. The Morgan fingerprint density at radius 1 is 1.42 bits per heavy atom. The average molecular weight is 273 g/mol. The van der Waals surface area contributed by atoms with Gasteiger partial charge in [0.15, 0.2) is 0 Å². The van der Waals surface area contributed by atoms with Crippen molar-refractivity contribution in [3.05, 3.63) is 28.8 Å². The minimum atomic E-state index is -4.96. The van der Waals surface area contributed by atoms with Crippen LogP contribution in [-0.4, -0.2) is 19.4 Å². The third kappa shape index (κ3) is 3.61. The van der Waals surface area contributed by atoms with E-state index in [0.29, 0.717) is 12.0 Å². The zero-order chi connectivity index (χ0) is 14.6. The molecule has 0 aliphatic carbocycles. The van der Waals surface area contributed by atoms with Crippen LogP contribution in [0.25, 0.3) is 0 Å². The number of aryl methyl sites for hydroxylation is 1. The van der Waals surface area contributed by atoms with Crippen molar-refractivity contribution in [2.24, 2.45) is 0 Å². The summed E-state index contributed by atoms with van der Waals surface area (Å²) in [5.41, 5.74) is 0.0995. The third-order valence-corrected chi connectivity index (χ3v) is 2.34. The molecule has 0 unspecified atom stereocenters. The first kappa shape index (κ1) is 14.8. The highest BCUT2D eigenvalue weighted by Gasteiger charge is 2.33. The van der Waals surface area contributed by atoms with Gasteiger partial charge in [0.25, 0.3) is 0 Å². The molecule has 0 bridgehead atoms. The summed E-state index contributed by atoms with van der Waals surface area (Å²) in [6.45, 7) is 1.71. The van der Waals surface area contributed by atoms with Gasteiger partial charge in [-0.3, -0.25) is 0 Å².